The summed E-state index contributed by atoms with van der Waals surface area (Å²) >= 11 is 18.3. The summed E-state index contributed by atoms with van der Waals surface area (Å²) in [5.74, 6) is 0.431. The molecule has 1 aliphatic heterocycles. The van der Waals surface area contributed by atoms with Gasteiger partial charge in [0.15, 0.2) is 18.2 Å². The Bertz CT molecular complexity index is 865. The summed E-state index contributed by atoms with van der Waals surface area (Å²) in [6.45, 7) is 0.160. The van der Waals surface area contributed by atoms with Crippen molar-refractivity contribution in [2.45, 2.75) is 0 Å². The van der Waals surface area contributed by atoms with E-state index >= 15 is 0 Å². The van der Waals surface area contributed by atoms with Gasteiger partial charge in [0, 0.05) is 16.9 Å². The molecule has 0 saturated carbocycles. The number of nitrogens with one attached hydrogen (secondary N) is 1. The van der Waals surface area contributed by atoms with Crippen LogP contribution in [-0.4, -0.2) is 6.73 Å². The van der Waals surface area contributed by atoms with E-state index in [1.54, 1.807) is 47.5 Å². The molecule has 2 aromatic carbocycles. The third-order valence-electron chi connectivity index (χ3n) is 3.49. The number of hydrogen-bond donors (Lipinski definition) is 1. The smallest absolute Gasteiger partial charge is 0.166 e. The highest BCUT2D eigenvalue weighted by Crippen LogP contribution is 2.38. The van der Waals surface area contributed by atoms with E-state index in [1.807, 2.05) is 12.1 Å². The highest BCUT2D eigenvalue weighted by atomic mass is 35.5. The molecule has 4 nitrogen and oxygen atoms in total. The average Bonchev–Trinajstić information content (AvgIpc) is 2.99. The maximum Gasteiger partial charge on any atom is 0.166 e. The zero-order chi connectivity index (χ0) is 17.8. The van der Waals surface area contributed by atoms with E-state index in [0.29, 0.717) is 32.2 Å². The van der Waals surface area contributed by atoms with E-state index in [-0.39, 0.29) is 6.73 Å². The molecule has 0 aliphatic carbocycles. The quantitative estimate of drug-likeness (QED) is 0.714. The highest BCUT2D eigenvalue weighted by Gasteiger charge is 2.27. The van der Waals surface area contributed by atoms with Crippen LogP contribution < -0.4 is 10.2 Å². The number of hydrogen-bond acceptors (Lipinski definition) is 4. The van der Waals surface area contributed by atoms with Gasteiger partial charge in [0.05, 0.1) is 15.7 Å². The van der Waals surface area contributed by atoms with E-state index in [2.05, 4.69) is 11.4 Å². The molecule has 0 unspecified atom stereocenters. The number of rotatable bonds is 4. The second-order valence-corrected chi connectivity index (χ2v) is 6.33. The second kappa shape index (κ2) is 7.71. The fraction of sp³-hybridized carbons (Fsp3) is 0.0556. The van der Waals surface area contributed by atoms with Crippen LogP contribution in [-0.2, 0) is 4.74 Å². The van der Waals surface area contributed by atoms with Gasteiger partial charge in [-0.15, -0.1) is 0 Å². The summed E-state index contributed by atoms with van der Waals surface area (Å²) < 4.78 is 5.61. The van der Waals surface area contributed by atoms with Crippen LogP contribution in [0.1, 0.15) is 0 Å². The molecule has 0 radical (unpaired) electrons. The van der Waals surface area contributed by atoms with Crippen LogP contribution in [0.4, 0.5) is 11.4 Å². The Kier molecular flexibility index (Phi) is 5.40. The SMILES string of the molecule is N#CC1=C(C=CNc2ccc(Cl)cc2)OCN1c1c(Cl)cccc1Cl. The first-order chi connectivity index (χ1) is 12.1. The lowest BCUT2D eigenvalue weighted by molar-refractivity contribution is 0.257. The lowest BCUT2D eigenvalue weighted by Gasteiger charge is -2.18. The van der Waals surface area contributed by atoms with Gasteiger partial charge < -0.3 is 10.1 Å². The Morgan fingerprint density at radius 3 is 2.40 bits per heavy atom. The molecule has 1 N–H and O–H groups in total. The standard InChI is InChI=1S/C18H12Cl3N3O/c19-12-4-6-13(7-5-12)23-9-8-17-16(10-22)24(11-25-17)18-14(20)2-1-3-15(18)21/h1-9,23H,11H2. The topological polar surface area (TPSA) is 48.3 Å². The van der Waals surface area contributed by atoms with Crippen molar-refractivity contribution in [3.05, 3.63) is 81.3 Å². The lowest BCUT2D eigenvalue weighted by atomic mass is 10.2. The largest absolute Gasteiger partial charge is 0.470 e. The molecular formula is C18H12Cl3N3O. The maximum atomic E-state index is 9.51. The Hall–Kier alpha value is -2.32. The van der Waals surface area contributed by atoms with Crippen LogP contribution in [0.5, 0.6) is 0 Å². The van der Waals surface area contributed by atoms with Gasteiger partial charge in [0.25, 0.3) is 0 Å². The highest BCUT2D eigenvalue weighted by molar-refractivity contribution is 6.39. The summed E-state index contributed by atoms with van der Waals surface area (Å²) in [5, 5.41) is 14.2. The van der Waals surface area contributed by atoms with Crippen molar-refractivity contribution >= 4 is 46.2 Å². The maximum absolute atomic E-state index is 9.51. The van der Waals surface area contributed by atoms with Gasteiger partial charge in [-0.25, -0.2) is 0 Å². The van der Waals surface area contributed by atoms with E-state index in [4.69, 9.17) is 39.5 Å². The molecule has 1 heterocycles. The minimum Gasteiger partial charge on any atom is -0.470 e. The van der Waals surface area contributed by atoms with E-state index in [1.165, 1.54) is 0 Å². The van der Waals surface area contributed by atoms with Gasteiger partial charge in [0.1, 0.15) is 6.07 Å². The number of nitrogens with zero attached hydrogens (tertiary/aromatic N) is 2. The summed E-state index contributed by atoms with van der Waals surface area (Å²) in [6, 6.07) is 14.6. The molecule has 7 heteroatoms. The van der Waals surface area contributed by atoms with Gasteiger partial charge in [-0.2, -0.15) is 5.26 Å². The molecule has 1 aliphatic rings. The summed E-state index contributed by atoms with van der Waals surface area (Å²) in [6.07, 6.45) is 3.37. The van der Waals surface area contributed by atoms with Crippen molar-refractivity contribution in [3.63, 3.8) is 0 Å². The molecule has 0 atom stereocenters. The molecular weight excluding hydrogens is 381 g/mol. The van der Waals surface area contributed by atoms with E-state index in [9.17, 15) is 5.26 Å². The van der Waals surface area contributed by atoms with Crippen molar-refractivity contribution in [1.82, 2.24) is 0 Å². The Morgan fingerprint density at radius 2 is 1.76 bits per heavy atom. The minimum absolute atomic E-state index is 0.160. The molecule has 126 valence electrons. The molecule has 0 bridgehead atoms. The van der Waals surface area contributed by atoms with Crippen LogP contribution in [0.2, 0.25) is 15.1 Å². The van der Waals surface area contributed by atoms with Crippen molar-refractivity contribution < 1.29 is 4.74 Å². The number of para-hydroxylation sites is 1. The lowest BCUT2D eigenvalue weighted by Crippen LogP contribution is -2.19. The average molecular weight is 393 g/mol. The van der Waals surface area contributed by atoms with Crippen LogP contribution in [0.25, 0.3) is 0 Å². The minimum atomic E-state index is 0.160. The number of benzene rings is 2. The van der Waals surface area contributed by atoms with Gasteiger partial charge >= 0.3 is 0 Å². The Balaban J connectivity index is 1.82. The summed E-state index contributed by atoms with van der Waals surface area (Å²) in [5.41, 5.74) is 1.75. The summed E-state index contributed by atoms with van der Waals surface area (Å²) in [4.78, 5) is 1.65. The van der Waals surface area contributed by atoms with E-state index in [0.717, 1.165) is 5.69 Å². The van der Waals surface area contributed by atoms with Crippen molar-refractivity contribution in [3.8, 4) is 6.07 Å². The first kappa shape index (κ1) is 17.5. The van der Waals surface area contributed by atoms with Crippen molar-refractivity contribution in [2.75, 3.05) is 16.9 Å². The third-order valence-corrected chi connectivity index (χ3v) is 4.36. The monoisotopic (exact) mass is 391 g/mol. The number of nitriles is 1. The molecule has 0 saturated heterocycles. The van der Waals surface area contributed by atoms with Crippen molar-refractivity contribution in [1.29, 1.82) is 5.26 Å². The fourth-order valence-corrected chi connectivity index (χ4v) is 3.05. The summed E-state index contributed by atoms with van der Waals surface area (Å²) in [7, 11) is 0. The fourth-order valence-electron chi connectivity index (χ4n) is 2.33. The third kappa shape index (κ3) is 3.85. The van der Waals surface area contributed by atoms with Crippen molar-refractivity contribution in [2.24, 2.45) is 0 Å². The zero-order valence-electron chi connectivity index (χ0n) is 12.8. The number of allylic oxidation sites excluding steroid dienone is 2. The normalized spacial score (nSPS) is 13.9. The van der Waals surface area contributed by atoms with Gasteiger partial charge in [-0.1, -0.05) is 40.9 Å². The van der Waals surface area contributed by atoms with Gasteiger partial charge in [0.2, 0.25) is 0 Å². The molecule has 0 spiro atoms. The Labute approximate surface area is 160 Å². The predicted molar refractivity (Wildman–Crippen MR) is 102 cm³/mol. The van der Waals surface area contributed by atoms with Crippen LogP contribution in [0.15, 0.2) is 66.2 Å². The second-order valence-electron chi connectivity index (χ2n) is 5.08. The first-order valence-corrected chi connectivity index (χ1v) is 8.41. The van der Waals surface area contributed by atoms with Crippen LogP contribution in [0, 0.1) is 11.3 Å². The van der Waals surface area contributed by atoms with Crippen LogP contribution in [0.3, 0.4) is 0 Å². The molecule has 0 fully saturated rings. The number of anilines is 2. The molecule has 0 amide bonds. The molecule has 25 heavy (non-hydrogen) atoms. The first-order valence-electron chi connectivity index (χ1n) is 7.27. The molecule has 2 aromatic rings. The van der Waals surface area contributed by atoms with Crippen LogP contribution >= 0.6 is 34.8 Å². The number of halogens is 3. The molecule has 3 rings (SSSR count). The van der Waals surface area contributed by atoms with E-state index < -0.39 is 0 Å². The van der Waals surface area contributed by atoms with Gasteiger partial charge in [-0.05, 0) is 42.5 Å². The number of ether oxygens (including phenoxy) is 1. The zero-order valence-corrected chi connectivity index (χ0v) is 15.1. The predicted octanol–water partition coefficient (Wildman–Crippen LogP) is 5.80. The van der Waals surface area contributed by atoms with Gasteiger partial charge in [-0.3, -0.25) is 4.90 Å². The Morgan fingerprint density at radius 1 is 1.08 bits per heavy atom. The molecule has 0 aromatic heterocycles.